The lowest BCUT2D eigenvalue weighted by molar-refractivity contribution is 0.00578. The van der Waals surface area contributed by atoms with Gasteiger partial charge in [-0.05, 0) is 94.0 Å². The monoisotopic (exact) mass is 645 g/mol. The van der Waals surface area contributed by atoms with Gasteiger partial charge in [-0.2, -0.15) is 5.26 Å². The Bertz CT molecular complexity index is 1860. The maximum atomic E-state index is 13.1. The molecule has 1 amide bonds. The number of benzene rings is 3. The first-order valence-electron chi connectivity index (χ1n) is 14.7. The van der Waals surface area contributed by atoms with Gasteiger partial charge in [0, 0.05) is 34.5 Å². The number of nitriles is 1. The first-order valence-corrected chi connectivity index (χ1v) is 16.1. The summed E-state index contributed by atoms with van der Waals surface area (Å²) in [5.74, 6) is 0.248. The van der Waals surface area contributed by atoms with Gasteiger partial charge >= 0.3 is 7.12 Å². The molecule has 2 fully saturated rings. The zero-order valence-electron chi connectivity index (χ0n) is 25.6. The van der Waals surface area contributed by atoms with Crippen LogP contribution in [0.2, 0.25) is 5.02 Å². The van der Waals surface area contributed by atoms with E-state index in [1.165, 1.54) is 4.31 Å². The molecule has 2 N–H and O–H groups in total. The minimum Gasteiger partial charge on any atom is -0.455 e. The number of rotatable bonds is 8. The molecule has 1 saturated carbocycles. The third-order valence-corrected chi connectivity index (χ3v) is 9.90. The fraction of sp³-hybridized carbons (Fsp3) is 0.333. The van der Waals surface area contributed by atoms with Crippen LogP contribution in [0.15, 0.2) is 59.0 Å². The number of hydrogen-bond donors (Lipinski definition) is 2. The molecule has 3 aromatic carbocycles. The quantitative estimate of drug-likeness (QED) is 0.170. The number of furan rings is 1. The van der Waals surface area contributed by atoms with Gasteiger partial charge in [0.1, 0.15) is 11.3 Å². The standard InChI is InChI=1S/C33H33BClN3O6S/c1-32(2)33(3,4)44-34(43-32)26-13-6-19(14-22(26)17-36)18-38(45(40)41)27-16-28-25(15-24(27)20-7-8-20)29(31(39)37-5)30(42-28)21-9-11-23(35)12-10-21/h6,9-16,20H,7-8,18H2,1-5H3,(H,37,39)(H,40,41). The molecule has 0 spiro atoms. The van der Waals surface area contributed by atoms with Crippen LogP contribution >= 0.6 is 11.6 Å². The predicted molar refractivity (Wildman–Crippen MR) is 176 cm³/mol. The lowest BCUT2D eigenvalue weighted by Gasteiger charge is -2.32. The summed E-state index contributed by atoms with van der Waals surface area (Å²) in [6, 6.07) is 18.2. The Kier molecular flexibility index (Phi) is 8.08. The number of carbonyl (C=O) groups is 1. The maximum Gasteiger partial charge on any atom is 0.496 e. The Balaban J connectivity index is 1.41. The van der Waals surface area contributed by atoms with E-state index in [0.29, 0.717) is 55.2 Å². The van der Waals surface area contributed by atoms with E-state index in [1.54, 1.807) is 49.5 Å². The molecule has 1 atom stereocenters. The van der Waals surface area contributed by atoms with E-state index in [9.17, 15) is 18.8 Å². The molecule has 0 bridgehead atoms. The van der Waals surface area contributed by atoms with Gasteiger partial charge in [-0.15, -0.1) is 0 Å². The summed E-state index contributed by atoms with van der Waals surface area (Å²) >= 11 is 3.69. The van der Waals surface area contributed by atoms with Crippen molar-refractivity contribution in [1.82, 2.24) is 5.32 Å². The first-order chi connectivity index (χ1) is 21.3. The Morgan fingerprint density at radius 2 is 1.78 bits per heavy atom. The molecule has 45 heavy (non-hydrogen) atoms. The maximum absolute atomic E-state index is 13.1. The predicted octanol–water partition coefficient (Wildman–Crippen LogP) is 6.30. The number of amides is 1. The molecule has 9 nitrogen and oxygen atoms in total. The van der Waals surface area contributed by atoms with E-state index in [4.69, 9.17) is 25.3 Å². The average molecular weight is 646 g/mol. The Morgan fingerprint density at radius 1 is 1.11 bits per heavy atom. The molecule has 0 radical (unpaired) electrons. The molecule has 2 aliphatic rings. The second-order valence-corrected chi connectivity index (χ2v) is 13.8. The van der Waals surface area contributed by atoms with E-state index < -0.39 is 29.6 Å². The number of nitrogens with one attached hydrogen (secondary N) is 1. The van der Waals surface area contributed by atoms with Gasteiger partial charge in [-0.1, -0.05) is 23.7 Å². The van der Waals surface area contributed by atoms with Crippen LogP contribution in [0.3, 0.4) is 0 Å². The van der Waals surface area contributed by atoms with Gasteiger partial charge in [0.15, 0.2) is 0 Å². The molecular formula is C33H33BClN3O6S. The summed E-state index contributed by atoms with van der Waals surface area (Å²) in [6.45, 7) is 7.84. The molecule has 4 aromatic rings. The fourth-order valence-corrected chi connectivity index (χ4v) is 6.32. The number of hydrogen-bond acceptors (Lipinski definition) is 6. The highest BCUT2D eigenvalue weighted by Crippen LogP contribution is 2.48. The van der Waals surface area contributed by atoms with Gasteiger partial charge in [0.25, 0.3) is 17.2 Å². The lowest BCUT2D eigenvalue weighted by Crippen LogP contribution is -2.41. The molecule has 2 heterocycles. The van der Waals surface area contributed by atoms with Crippen molar-refractivity contribution in [2.75, 3.05) is 11.4 Å². The third kappa shape index (κ3) is 5.78. The van der Waals surface area contributed by atoms with Crippen LogP contribution < -0.4 is 15.1 Å². The Labute approximate surface area is 270 Å². The van der Waals surface area contributed by atoms with Crippen LogP contribution in [0.1, 0.15) is 73.5 Å². The first kappa shape index (κ1) is 31.3. The van der Waals surface area contributed by atoms with Crippen molar-refractivity contribution in [3.8, 4) is 17.4 Å². The highest BCUT2D eigenvalue weighted by Gasteiger charge is 2.52. The van der Waals surface area contributed by atoms with Crippen molar-refractivity contribution in [1.29, 1.82) is 5.26 Å². The smallest absolute Gasteiger partial charge is 0.455 e. The molecule has 1 aliphatic heterocycles. The van der Waals surface area contributed by atoms with E-state index in [2.05, 4.69) is 11.4 Å². The van der Waals surface area contributed by atoms with Crippen molar-refractivity contribution in [3.63, 3.8) is 0 Å². The van der Waals surface area contributed by atoms with E-state index >= 15 is 0 Å². The molecule has 1 saturated heterocycles. The zero-order chi connectivity index (χ0) is 32.3. The van der Waals surface area contributed by atoms with Crippen molar-refractivity contribution in [2.24, 2.45) is 0 Å². The largest absolute Gasteiger partial charge is 0.496 e. The highest BCUT2D eigenvalue weighted by atomic mass is 35.5. The Hall–Kier alpha value is -3.66. The van der Waals surface area contributed by atoms with Gasteiger partial charge in [0.05, 0.1) is 40.6 Å². The van der Waals surface area contributed by atoms with Crippen LogP contribution in [-0.2, 0) is 27.1 Å². The minimum atomic E-state index is -2.42. The number of carbonyl (C=O) groups excluding carboxylic acids is 1. The SMILES string of the molecule is CNC(=O)c1c(-c2ccc(Cl)cc2)oc2cc(N(Cc3ccc(B4OC(C)(C)C(C)(C)O4)c(C#N)c3)S(=O)O)c(C3CC3)cc12. The molecule has 12 heteroatoms. The van der Waals surface area contributed by atoms with Crippen molar-refractivity contribution in [3.05, 3.63) is 81.9 Å². The van der Waals surface area contributed by atoms with E-state index in [-0.39, 0.29) is 18.4 Å². The molecule has 6 rings (SSSR count). The molecule has 1 aliphatic carbocycles. The number of nitrogens with zero attached hydrogens (tertiary/aromatic N) is 2. The summed E-state index contributed by atoms with van der Waals surface area (Å²) in [5, 5.41) is 13.9. The van der Waals surface area contributed by atoms with Crippen molar-refractivity contribution in [2.45, 2.75) is 64.2 Å². The topological polar surface area (TPSA) is 125 Å². The van der Waals surface area contributed by atoms with Crippen LogP contribution in [-0.4, -0.2) is 40.0 Å². The van der Waals surface area contributed by atoms with Gasteiger partial charge in [0.2, 0.25) is 0 Å². The van der Waals surface area contributed by atoms with Crippen LogP contribution in [0.5, 0.6) is 0 Å². The van der Waals surface area contributed by atoms with E-state index in [1.807, 2.05) is 39.8 Å². The molecule has 232 valence electrons. The normalized spacial score (nSPS) is 17.7. The second kappa shape index (κ2) is 11.6. The van der Waals surface area contributed by atoms with Crippen LogP contribution in [0.4, 0.5) is 5.69 Å². The fourth-order valence-electron chi connectivity index (χ4n) is 5.61. The Morgan fingerprint density at radius 3 is 2.36 bits per heavy atom. The summed E-state index contributed by atoms with van der Waals surface area (Å²) in [5.41, 5.74) is 3.34. The molecule has 1 unspecified atom stereocenters. The second-order valence-electron chi connectivity index (χ2n) is 12.5. The van der Waals surface area contributed by atoms with Crippen LogP contribution in [0, 0.1) is 11.3 Å². The zero-order valence-corrected chi connectivity index (χ0v) is 27.2. The summed E-state index contributed by atoms with van der Waals surface area (Å²) in [7, 11) is 0.849. The summed E-state index contributed by atoms with van der Waals surface area (Å²) in [6.07, 6.45) is 1.84. The van der Waals surface area contributed by atoms with Crippen molar-refractivity contribution < 1.29 is 27.3 Å². The van der Waals surface area contributed by atoms with E-state index in [0.717, 1.165) is 18.4 Å². The van der Waals surface area contributed by atoms with Crippen molar-refractivity contribution >= 4 is 58.0 Å². The van der Waals surface area contributed by atoms with Gasteiger partial charge in [-0.3, -0.25) is 13.7 Å². The minimum absolute atomic E-state index is 0.0414. The number of fused-ring (bicyclic) bond motifs is 1. The lowest BCUT2D eigenvalue weighted by atomic mass is 9.75. The number of anilines is 1. The third-order valence-electron chi connectivity index (χ3n) is 8.94. The van der Waals surface area contributed by atoms with Crippen LogP contribution in [0.25, 0.3) is 22.3 Å². The molecular weight excluding hydrogens is 613 g/mol. The van der Waals surface area contributed by atoms with Gasteiger partial charge < -0.3 is 19.0 Å². The summed E-state index contributed by atoms with van der Waals surface area (Å²) in [4.78, 5) is 13.1. The average Bonchev–Trinajstić information content (AvgIpc) is 3.74. The highest BCUT2D eigenvalue weighted by molar-refractivity contribution is 7.80. The molecule has 1 aromatic heterocycles. The number of halogens is 1. The van der Waals surface area contributed by atoms with Gasteiger partial charge in [-0.25, -0.2) is 4.21 Å². The summed E-state index contributed by atoms with van der Waals surface area (Å²) < 4.78 is 43.5.